The summed E-state index contributed by atoms with van der Waals surface area (Å²) in [6.45, 7) is 0.613. The highest BCUT2D eigenvalue weighted by atomic mass is 16.5. The molecule has 4 rings (SSSR count). The van der Waals surface area contributed by atoms with Gasteiger partial charge in [0.2, 0.25) is 0 Å². The van der Waals surface area contributed by atoms with Crippen molar-refractivity contribution in [2.45, 2.75) is 13.0 Å². The minimum absolute atomic E-state index is 0.613. The molecule has 98 valence electrons. The summed E-state index contributed by atoms with van der Waals surface area (Å²) in [7, 11) is 0. The lowest BCUT2D eigenvalue weighted by molar-refractivity contribution is 0.261. The van der Waals surface area contributed by atoms with Crippen LogP contribution in [0.1, 0.15) is 22.3 Å². The predicted molar refractivity (Wildman–Crippen MR) is 79.0 cm³/mol. The summed E-state index contributed by atoms with van der Waals surface area (Å²) in [5, 5.41) is 0. The van der Waals surface area contributed by atoms with E-state index < -0.39 is 0 Å². The molecule has 0 aromatic heterocycles. The molecule has 0 radical (unpaired) electrons. The fraction of sp³-hybridized carbons (Fsp3) is 0.111. The van der Waals surface area contributed by atoms with Crippen molar-refractivity contribution in [1.82, 2.24) is 0 Å². The molecule has 0 saturated carbocycles. The van der Waals surface area contributed by atoms with E-state index in [0.29, 0.717) is 6.61 Å². The molecule has 2 aromatic carbocycles. The minimum Gasteiger partial charge on any atom is -0.488 e. The summed E-state index contributed by atoms with van der Waals surface area (Å²) in [6.07, 6.45) is 6.78. The van der Waals surface area contributed by atoms with E-state index in [9.17, 15) is 0 Å². The van der Waals surface area contributed by atoms with E-state index in [2.05, 4.69) is 42.5 Å². The monoisotopic (exact) mass is 262 g/mol. The Kier molecular flexibility index (Phi) is 2.59. The number of benzene rings is 2. The lowest BCUT2D eigenvalue weighted by atomic mass is 9.99. The average molecular weight is 262 g/mol. The summed E-state index contributed by atoms with van der Waals surface area (Å²) in [6, 6.07) is 14.5. The van der Waals surface area contributed by atoms with Gasteiger partial charge in [-0.1, -0.05) is 36.4 Å². The maximum absolute atomic E-state index is 5.91. The molecule has 0 aliphatic carbocycles. The summed E-state index contributed by atoms with van der Waals surface area (Å²) in [4.78, 5) is 0. The second-order valence-electron chi connectivity index (χ2n) is 4.98. The van der Waals surface area contributed by atoms with Crippen LogP contribution < -0.4 is 4.74 Å². The van der Waals surface area contributed by atoms with Crippen LogP contribution >= 0.6 is 0 Å². The van der Waals surface area contributed by atoms with Crippen LogP contribution in [0.25, 0.3) is 11.8 Å². The molecule has 2 heteroatoms. The van der Waals surface area contributed by atoms with Gasteiger partial charge < -0.3 is 9.47 Å². The topological polar surface area (TPSA) is 18.5 Å². The fourth-order valence-corrected chi connectivity index (χ4v) is 2.67. The molecule has 2 aliphatic heterocycles. The van der Waals surface area contributed by atoms with E-state index in [1.54, 1.807) is 6.26 Å². The Balaban J connectivity index is 1.82. The molecule has 0 amide bonds. The molecular formula is C18H14O2. The van der Waals surface area contributed by atoms with Gasteiger partial charge >= 0.3 is 0 Å². The third-order valence-corrected chi connectivity index (χ3v) is 3.71. The van der Waals surface area contributed by atoms with Crippen molar-refractivity contribution in [1.29, 1.82) is 0 Å². The van der Waals surface area contributed by atoms with Gasteiger partial charge in [0.25, 0.3) is 0 Å². The highest BCUT2D eigenvalue weighted by molar-refractivity contribution is 5.83. The smallest absolute Gasteiger partial charge is 0.140 e. The first-order chi connectivity index (χ1) is 9.92. The maximum atomic E-state index is 5.91. The first kappa shape index (κ1) is 11.4. The number of hydrogen-bond donors (Lipinski definition) is 0. The van der Waals surface area contributed by atoms with Crippen molar-refractivity contribution in [3.05, 3.63) is 77.1 Å². The Labute approximate surface area is 118 Å². The van der Waals surface area contributed by atoms with Gasteiger partial charge in [0.1, 0.15) is 18.1 Å². The van der Waals surface area contributed by atoms with E-state index in [-0.39, 0.29) is 0 Å². The normalized spacial score (nSPS) is 15.5. The minimum atomic E-state index is 0.613. The lowest BCUT2D eigenvalue weighted by Crippen LogP contribution is -2.05. The number of allylic oxidation sites excluding steroid dienone is 1. The Morgan fingerprint density at radius 1 is 0.900 bits per heavy atom. The number of rotatable bonds is 1. The van der Waals surface area contributed by atoms with Gasteiger partial charge in [-0.15, -0.1) is 0 Å². The maximum Gasteiger partial charge on any atom is 0.140 e. The molecule has 20 heavy (non-hydrogen) atoms. The van der Waals surface area contributed by atoms with Crippen molar-refractivity contribution in [2.75, 3.05) is 0 Å². The Morgan fingerprint density at radius 3 is 2.80 bits per heavy atom. The molecule has 2 nitrogen and oxygen atoms in total. The molecule has 0 saturated heterocycles. The molecule has 0 fully saturated rings. The Morgan fingerprint density at radius 2 is 1.80 bits per heavy atom. The summed E-state index contributed by atoms with van der Waals surface area (Å²) in [5.41, 5.74) is 4.68. The highest BCUT2D eigenvalue weighted by Crippen LogP contribution is 2.36. The van der Waals surface area contributed by atoms with Crippen molar-refractivity contribution < 1.29 is 9.47 Å². The average Bonchev–Trinajstić information content (AvgIpc) is 2.54. The van der Waals surface area contributed by atoms with E-state index in [1.807, 2.05) is 12.1 Å². The molecule has 0 unspecified atom stereocenters. The van der Waals surface area contributed by atoms with Gasteiger partial charge in [-0.05, 0) is 41.3 Å². The van der Waals surface area contributed by atoms with Crippen LogP contribution in [0.3, 0.4) is 0 Å². The molecule has 0 atom stereocenters. The van der Waals surface area contributed by atoms with E-state index in [0.717, 1.165) is 23.5 Å². The number of para-hydroxylation sites is 1. The molecule has 0 bridgehead atoms. The van der Waals surface area contributed by atoms with Crippen LogP contribution in [0, 0.1) is 0 Å². The van der Waals surface area contributed by atoms with Gasteiger partial charge in [-0.25, -0.2) is 0 Å². The lowest BCUT2D eigenvalue weighted by Gasteiger charge is -2.21. The van der Waals surface area contributed by atoms with Gasteiger partial charge in [0, 0.05) is 0 Å². The molecular weight excluding hydrogens is 248 g/mol. The third kappa shape index (κ3) is 1.81. The Hall–Kier alpha value is -2.48. The van der Waals surface area contributed by atoms with Gasteiger partial charge in [0.05, 0.1) is 11.8 Å². The first-order valence-corrected chi connectivity index (χ1v) is 6.78. The summed E-state index contributed by atoms with van der Waals surface area (Å²) >= 11 is 0. The number of hydrogen-bond acceptors (Lipinski definition) is 2. The third-order valence-electron chi connectivity index (χ3n) is 3.71. The van der Waals surface area contributed by atoms with Crippen LogP contribution in [0.2, 0.25) is 0 Å². The van der Waals surface area contributed by atoms with E-state index >= 15 is 0 Å². The molecule has 2 aliphatic rings. The quantitative estimate of drug-likeness (QED) is 0.768. The van der Waals surface area contributed by atoms with Gasteiger partial charge in [-0.3, -0.25) is 0 Å². The summed E-state index contributed by atoms with van der Waals surface area (Å²) < 4.78 is 11.6. The first-order valence-electron chi connectivity index (χ1n) is 6.78. The predicted octanol–water partition coefficient (Wildman–Crippen LogP) is 4.16. The number of ether oxygens (including phenoxy) is 2. The Bertz CT molecular complexity index is 726. The summed E-state index contributed by atoms with van der Waals surface area (Å²) in [5.74, 6) is 1.80. The number of fused-ring (bicyclic) bond motifs is 2. The van der Waals surface area contributed by atoms with Crippen LogP contribution in [-0.2, 0) is 17.8 Å². The van der Waals surface area contributed by atoms with E-state index in [4.69, 9.17) is 9.47 Å². The standard InChI is InChI=1S/C18H14O2/c1-2-6-15-12-20-17(11-14(15)5-1)16-9-3-7-13-8-4-10-19-18(13)16/h1-7,9-11H,8,12H2. The van der Waals surface area contributed by atoms with Crippen molar-refractivity contribution in [3.8, 4) is 5.75 Å². The zero-order valence-corrected chi connectivity index (χ0v) is 11.0. The molecule has 0 N–H and O–H groups in total. The van der Waals surface area contributed by atoms with Crippen molar-refractivity contribution in [3.63, 3.8) is 0 Å². The van der Waals surface area contributed by atoms with Crippen molar-refractivity contribution >= 4 is 11.8 Å². The SMILES string of the molecule is C1=COc2c(cccc2C2=Cc3ccccc3CO2)C1. The fourth-order valence-electron chi connectivity index (χ4n) is 2.67. The van der Waals surface area contributed by atoms with E-state index in [1.165, 1.54) is 16.7 Å². The van der Waals surface area contributed by atoms with Crippen LogP contribution in [-0.4, -0.2) is 0 Å². The molecule has 2 aromatic rings. The second kappa shape index (κ2) is 4.57. The highest BCUT2D eigenvalue weighted by Gasteiger charge is 2.19. The van der Waals surface area contributed by atoms with Crippen LogP contribution in [0.4, 0.5) is 0 Å². The van der Waals surface area contributed by atoms with Crippen LogP contribution in [0.15, 0.2) is 54.8 Å². The largest absolute Gasteiger partial charge is 0.488 e. The van der Waals surface area contributed by atoms with Gasteiger partial charge in [0.15, 0.2) is 0 Å². The molecule has 2 heterocycles. The molecule has 0 spiro atoms. The van der Waals surface area contributed by atoms with Gasteiger partial charge in [-0.2, -0.15) is 0 Å². The zero-order valence-electron chi connectivity index (χ0n) is 11.0. The van der Waals surface area contributed by atoms with Crippen LogP contribution in [0.5, 0.6) is 5.75 Å². The van der Waals surface area contributed by atoms with Crippen molar-refractivity contribution in [2.24, 2.45) is 0 Å². The zero-order chi connectivity index (χ0) is 13.4. The second-order valence-corrected chi connectivity index (χ2v) is 4.98.